The largest absolute Gasteiger partial charge is 0.496 e. The quantitative estimate of drug-likeness (QED) is 0.851. The van der Waals surface area contributed by atoms with E-state index >= 15 is 0 Å². The second-order valence-electron chi connectivity index (χ2n) is 4.42. The number of aromatic carboxylic acids is 1. The Morgan fingerprint density at radius 1 is 1.19 bits per heavy atom. The summed E-state index contributed by atoms with van der Waals surface area (Å²) in [4.78, 5) is 11.0. The minimum absolute atomic E-state index is 0.268. The van der Waals surface area contributed by atoms with Gasteiger partial charge in [0.15, 0.2) is 0 Å². The van der Waals surface area contributed by atoms with Gasteiger partial charge in [0.05, 0.1) is 12.7 Å². The van der Waals surface area contributed by atoms with E-state index in [9.17, 15) is 4.79 Å². The van der Waals surface area contributed by atoms with Crippen molar-refractivity contribution in [1.29, 1.82) is 0 Å². The van der Waals surface area contributed by atoms with Gasteiger partial charge < -0.3 is 9.84 Å². The molecule has 1 N–H and O–H groups in total. The molecular formula is C16H15ClO3S. The van der Waals surface area contributed by atoms with Gasteiger partial charge in [-0.25, -0.2) is 4.79 Å². The summed E-state index contributed by atoms with van der Waals surface area (Å²) in [6, 6.07) is 12.6. The Balaban J connectivity index is 2.07. The molecule has 0 aromatic heterocycles. The Morgan fingerprint density at radius 2 is 1.90 bits per heavy atom. The van der Waals surface area contributed by atoms with Crippen molar-refractivity contribution >= 4 is 29.3 Å². The first kappa shape index (κ1) is 15.7. The van der Waals surface area contributed by atoms with Crippen molar-refractivity contribution in [2.75, 3.05) is 7.11 Å². The highest BCUT2D eigenvalue weighted by atomic mass is 35.5. The lowest BCUT2D eigenvalue weighted by Gasteiger charge is -2.10. The van der Waals surface area contributed by atoms with E-state index in [4.69, 9.17) is 21.4 Å². The minimum atomic E-state index is -0.935. The zero-order valence-electron chi connectivity index (χ0n) is 11.5. The fourth-order valence-electron chi connectivity index (χ4n) is 1.91. The van der Waals surface area contributed by atoms with E-state index in [1.807, 2.05) is 24.3 Å². The van der Waals surface area contributed by atoms with Crippen molar-refractivity contribution in [3.8, 4) is 5.75 Å². The first-order valence-corrected chi connectivity index (χ1v) is 7.86. The molecule has 0 fully saturated rings. The minimum Gasteiger partial charge on any atom is -0.496 e. The lowest BCUT2D eigenvalue weighted by atomic mass is 10.1. The molecule has 0 radical (unpaired) electrons. The highest BCUT2D eigenvalue weighted by molar-refractivity contribution is 7.97. The van der Waals surface area contributed by atoms with Gasteiger partial charge in [0, 0.05) is 22.1 Å². The van der Waals surface area contributed by atoms with Gasteiger partial charge in [-0.3, -0.25) is 0 Å². The molecule has 0 aliphatic carbocycles. The van der Waals surface area contributed by atoms with Crippen molar-refractivity contribution in [2.45, 2.75) is 11.5 Å². The molecule has 0 aliphatic heterocycles. The van der Waals surface area contributed by atoms with Crippen LogP contribution in [-0.4, -0.2) is 18.2 Å². The van der Waals surface area contributed by atoms with Gasteiger partial charge in [0.25, 0.3) is 0 Å². The summed E-state index contributed by atoms with van der Waals surface area (Å²) in [5.41, 5.74) is 2.20. The van der Waals surface area contributed by atoms with E-state index in [1.54, 1.807) is 37.1 Å². The zero-order valence-corrected chi connectivity index (χ0v) is 13.1. The zero-order chi connectivity index (χ0) is 15.2. The third-order valence-corrected chi connectivity index (χ3v) is 4.40. The fourth-order valence-corrected chi connectivity index (χ4v) is 3.21. The van der Waals surface area contributed by atoms with Crippen molar-refractivity contribution in [1.82, 2.24) is 0 Å². The Kier molecular flexibility index (Phi) is 5.53. The van der Waals surface area contributed by atoms with Crippen LogP contribution in [0.4, 0.5) is 0 Å². The third-order valence-electron chi connectivity index (χ3n) is 3.00. The predicted octanol–water partition coefficient (Wildman–Crippen LogP) is 4.48. The van der Waals surface area contributed by atoms with Crippen LogP contribution in [0.25, 0.3) is 0 Å². The van der Waals surface area contributed by atoms with Crippen LogP contribution in [-0.2, 0) is 11.5 Å². The average Bonchev–Trinajstić information content (AvgIpc) is 2.49. The Hall–Kier alpha value is -1.65. The maximum Gasteiger partial charge on any atom is 0.335 e. The Morgan fingerprint density at radius 3 is 2.57 bits per heavy atom. The molecule has 0 atom stereocenters. The number of carboxylic acid groups (broad SMARTS) is 1. The van der Waals surface area contributed by atoms with Gasteiger partial charge in [-0.2, -0.15) is 11.8 Å². The molecule has 5 heteroatoms. The molecule has 0 unspecified atom stereocenters. The number of methoxy groups -OCH3 is 1. The molecular weight excluding hydrogens is 308 g/mol. The summed E-state index contributed by atoms with van der Waals surface area (Å²) >= 11 is 7.78. The summed E-state index contributed by atoms with van der Waals surface area (Å²) in [7, 11) is 1.58. The molecule has 0 aliphatic rings. The van der Waals surface area contributed by atoms with Crippen LogP contribution in [0.15, 0.2) is 42.5 Å². The first-order chi connectivity index (χ1) is 10.1. The molecule has 3 nitrogen and oxygen atoms in total. The van der Waals surface area contributed by atoms with Gasteiger partial charge in [0.2, 0.25) is 0 Å². The molecule has 0 bridgehead atoms. The first-order valence-electron chi connectivity index (χ1n) is 6.33. The maximum atomic E-state index is 11.0. The summed E-state index contributed by atoms with van der Waals surface area (Å²) in [6.45, 7) is 0. The number of hydrogen-bond acceptors (Lipinski definition) is 3. The molecule has 110 valence electrons. The van der Waals surface area contributed by atoms with Gasteiger partial charge in [0.1, 0.15) is 5.75 Å². The molecule has 0 heterocycles. The van der Waals surface area contributed by atoms with Gasteiger partial charge in [-0.1, -0.05) is 29.8 Å². The smallest absolute Gasteiger partial charge is 0.335 e. The monoisotopic (exact) mass is 322 g/mol. The van der Waals surface area contributed by atoms with Crippen molar-refractivity contribution in [3.63, 3.8) is 0 Å². The van der Waals surface area contributed by atoms with E-state index < -0.39 is 5.97 Å². The van der Waals surface area contributed by atoms with Crippen LogP contribution >= 0.6 is 23.4 Å². The molecule has 2 rings (SSSR count). The number of thioether (sulfide) groups is 1. The predicted molar refractivity (Wildman–Crippen MR) is 86.4 cm³/mol. The van der Waals surface area contributed by atoms with E-state index in [0.29, 0.717) is 11.5 Å². The summed E-state index contributed by atoms with van der Waals surface area (Å²) < 4.78 is 5.27. The molecule has 0 saturated carbocycles. The third kappa shape index (κ3) is 4.16. The van der Waals surface area contributed by atoms with E-state index in [2.05, 4.69) is 0 Å². The standard InChI is InChI=1S/C16H15ClO3S/c1-20-15-7-6-11(16(18)19)8-13(15)10-21-9-12-4-2-3-5-14(12)17/h2-8H,9-10H2,1H3,(H,18,19). The van der Waals surface area contributed by atoms with Crippen LogP contribution in [0.3, 0.4) is 0 Å². The normalized spacial score (nSPS) is 10.4. The lowest BCUT2D eigenvalue weighted by molar-refractivity contribution is 0.0696. The van der Waals surface area contributed by atoms with Crippen LogP contribution in [0.2, 0.25) is 5.02 Å². The SMILES string of the molecule is COc1ccc(C(=O)O)cc1CSCc1ccccc1Cl. The van der Waals surface area contributed by atoms with E-state index in [-0.39, 0.29) is 5.56 Å². The second-order valence-corrected chi connectivity index (χ2v) is 5.81. The summed E-state index contributed by atoms with van der Waals surface area (Å²) in [5, 5.41) is 9.79. The summed E-state index contributed by atoms with van der Waals surface area (Å²) in [6.07, 6.45) is 0. The number of hydrogen-bond donors (Lipinski definition) is 1. The number of carboxylic acids is 1. The van der Waals surface area contributed by atoms with E-state index in [1.165, 1.54) is 0 Å². The van der Waals surface area contributed by atoms with Gasteiger partial charge in [-0.15, -0.1) is 0 Å². The van der Waals surface area contributed by atoms with Crippen molar-refractivity contribution < 1.29 is 14.6 Å². The Labute approximate surface area is 132 Å². The molecule has 0 saturated heterocycles. The van der Waals surface area contributed by atoms with Crippen LogP contribution < -0.4 is 4.74 Å². The molecule has 2 aromatic carbocycles. The Bertz CT molecular complexity index is 643. The van der Waals surface area contributed by atoms with Crippen molar-refractivity contribution in [3.05, 3.63) is 64.2 Å². The highest BCUT2D eigenvalue weighted by Gasteiger charge is 2.09. The molecule has 0 spiro atoms. The van der Waals surface area contributed by atoms with Crippen LogP contribution in [0.1, 0.15) is 21.5 Å². The summed E-state index contributed by atoms with van der Waals surface area (Å²) in [5.74, 6) is 1.19. The molecule has 0 amide bonds. The fraction of sp³-hybridized carbons (Fsp3) is 0.188. The molecule has 2 aromatic rings. The average molecular weight is 323 g/mol. The van der Waals surface area contributed by atoms with E-state index in [0.717, 1.165) is 21.9 Å². The topological polar surface area (TPSA) is 46.5 Å². The van der Waals surface area contributed by atoms with Gasteiger partial charge in [-0.05, 0) is 29.8 Å². The van der Waals surface area contributed by atoms with Crippen molar-refractivity contribution in [2.24, 2.45) is 0 Å². The number of halogens is 1. The highest BCUT2D eigenvalue weighted by Crippen LogP contribution is 2.28. The number of benzene rings is 2. The maximum absolute atomic E-state index is 11.0. The van der Waals surface area contributed by atoms with Crippen LogP contribution in [0, 0.1) is 0 Å². The lowest BCUT2D eigenvalue weighted by Crippen LogP contribution is -1.99. The van der Waals surface area contributed by atoms with Crippen LogP contribution in [0.5, 0.6) is 5.75 Å². The number of ether oxygens (including phenoxy) is 1. The van der Waals surface area contributed by atoms with Gasteiger partial charge >= 0.3 is 5.97 Å². The number of carbonyl (C=O) groups is 1. The second kappa shape index (κ2) is 7.38. The molecule has 21 heavy (non-hydrogen) atoms. The number of rotatable bonds is 6.